The third kappa shape index (κ3) is 3.36. The van der Waals surface area contributed by atoms with Crippen molar-refractivity contribution in [1.29, 1.82) is 0 Å². The van der Waals surface area contributed by atoms with Gasteiger partial charge in [0, 0.05) is 16.8 Å². The fraction of sp³-hybridized carbons (Fsp3) is 0.500. The molecule has 0 atom stereocenters. The largest absolute Gasteiger partial charge is 0.382 e. The lowest BCUT2D eigenvalue weighted by Gasteiger charge is -2.25. The van der Waals surface area contributed by atoms with E-state index in [0.717, 1.165) is 11.3 Å². The normalized spacial score (nSPS) is 20.1. The Morgan fingerprint density at radius 1 is 1.29 bits per heavy atom. The molecule has 1 aliphatic rings. The maximum absolute atomic E-state index is 11.3. The lowest BCUT2D eigenvalue weighted by atomic mass is 10.1. The maximum atomic E-state index is 11.3. The highest BCUT2D eigenvalue weighted by molar-refractivity contribution is 7.91. The van der Waals surface area contributed by atoms with Gasteiger partial charge in [0.25, 0.3) is 0 Å². The minimum absolute atomic E-state index is 0.232. The second-order valence-electron chi connectivity index (χ2n) is 4.53. The fourth-order valence-electron chi connectivity index (χ4n) is 2.00. The van der Waals surface area contributed by atoms with Crippen molar-refractivity contribution in [2.24, 2.45) is 0 Å². The topological polar surface area (TPSA) is 46.2 Å². The van der Waals surface area contributed by atoms with Crippen LogP contribution in [0.4, 0.5) is 5.69 Å². The molecular formula is C12H16ClNO2S. The van der Waals surface area contributed by atoms with Gasteiger partial charge in [-0.15, -0.1) is 0 Å². The molecule has 0 bridgehead atoms. The Bertz CT molecular complexity index is 499. The highest BCUT2D eigenvalue weighted by Gasteiger charge is 2.23. The molecule has 2 rings (SSSR count). The Kier molecular flexibility index (Phi) is 3.64. The molecule has 94 valence electrons. The van der Waals surface area contributed by atoms with Gasteiger partial charge in [0.05, 0.1) is 11.5 Å². The van der Waals surface area contributed by atoms with Gasteiger partial charge in [-0.05, 0) is 37.5 Å². The summed E-state index contributed by atoms with van der Waals surface area (Å²) in [5.74, 6) is 0.564. The highest BCUT2D eigenvalue weighted by atomic mass is 35.5. The zero-order valence-corrected chi connectivity index (χ0v) is 11.3. The quantitative estimate of drug-likeness (QED) is 0.901. The Hall–Kier alpha value is -0.740. The third-order valence-electron chi connectivity index (χ3n) is 3.11. The lowest BCUT2D eigenvalue weighted by Crippen LogP contribution is -2.32. The first-order valence-electron chi connectivity index (χ1n) is 5.69. The highest BCUT2D eigenvalue weighted by Crippen LogP contribution is 2.23. The van der Waals surface area contributed by atoms with Crippen molar-refractivity contribution in [3.05, 3.63) is 28.8 Å². The molecule has 0 aliphatic carbocycles. The van der Waals surface area contributed by atoms with E-state index in [9.17, 15) is 8.42 Å². The molecule has 5 heteroatoms. The van der Waals surface area contributed by atoms with Crippen molar-refractivity contribution in [3.8, 4) is 0 Å². The molecule has 3 nitrogen and oxygen atoms in total. The molecular weight excluding hydrogens is 258 g/mol. The summed E-state index contributed by atoms with van der Waals surface area (Å²) in [5.41, 5.74) is 2.13. The van der Waals surface area contributed by atoms with Crippen LogP contribution in [0.5, 0.6) is 0 Å². The summed E-state index contributed by atoms with van der Waals surface area (Å²) in [4.78, 5) is 0. The van der Waals surface area contributed by atoms with E-state index in [1.807, 2.05) is 25.1 Å². The molecule has 1 saturated heterocycles. The summed E-state index contributed by atoms with van der Waals surface area (Å²) in [5, 5.41) is 4.07. The molecule has 0 unspecified atom stereocenters. The second kappa shape index (κ2) is 4.86. The van der Waals surface area contributed by atoms with E-state index in [1.165, 1.54) is 0 Å². The Morgan fingerprint density at radius 2 is 1.94 bits per heavy atom. The molecule has 1 heterocycles. The summed E-state index contributed by atoms with van der Waals surface area (Å²) in [7, 11) is -2.79. The first-order valence-corrected chi connectivity index (χ1v) is 7.89. The van der Waals surface area contributed by atoms with Crippen LogP contribution < -0.4 is 5.32 Å². The fourth-order valence-corrected chi connectivity index (χ4v) is 3.67. The van der Waals surface area contributed by atoms with E-state index in [1.54, 1.807) is 0 Å². The number of hydrogen-bond donors (Lipinski definition) is 1. The number of nitrogens with one attached hydrogen (secondary N) is 1. The number of rotatable bonds is 2. The molecule has 17 heavy (non-hydrogen) atoms. The Labute approximate surface area is 107 Å². The molecule has 1 aromatic rings. The molecule has 0 saturated carbocycles. The van der Waals surface area contributed by atoms with Crippen LogP contribution in [-0.4, -0.2) is 26.0 Å². The SMILES string of the molecule is Cc1ccc(Cl)cc1NC1CCS(=O)(=O)CC1. The summed E-state index contributed by atoms with van der Waals surface area (Å²) in [6, 6.07) is 5.94. The average Bonchev–Trinajstić information content (AvgIpc) is 2.26. The van der Waals surface area contributed by atoms with Crippen LogP contribution >= 0.6 is 11.6 Å². The number of aryl methyl sites for hydroxylation is 1. The van der Waals surface area contributed by atoms with Crippen molar-refractivity contribution < 1.29 is 8.42 Å². The van der Waals surface area contributed by atoms with E-state index in [4.69, 9.17) is 11.6 Å². The number of sulfone groups is 1. The van der Waals surface area contributed by atoms with E-state index >= 15 is 0 Å². The smallest absolute Gasteiger partial charge is 0.150 e. The maximum Gasteiger partial charge on any atom is 0.150 e. The number of hydrogen-bond acceptors (Lipinski definition) is 3. The molecule has 1 aromatic carbocycles. The van der Waals surface area contributed by atoms with Gasteiger partial charge in [-0.25, -0.2) is 8.42 Å². The number of benzene rings is 1. The molecule has 0 spiro atoms. The molecule has 0 amide bonds. The average molecular weight is 274 g/mol. The zero-order chi connectivity index (χ0) is 12.5. The Morgan fingerprint density at radius 3 is 2.59 bits per heavy atom. The van der Waals surface area contributed by atoms with Crippen LogP contribution in [0.3, 0.4) is 0 Å². The van der Waals surface area contributed by atoms with Crippen molar-refractivity contribution in [3.63, 3.8) is 0 Å². The van der Waals surface area contributed by atoms with Gasteiger partial charge in [0.1, 0.15) is 9.84 Å². The Balaban J connectivity index is 2.05. The first kappa shape index (κ1) is 12.7. The molecule has 1 fully saturated rings. The van der Waals surface area contributed by atoms with Crippen LogP contribution in [0.25, 0.3) is 0 Å². The molecule has 0 aromatic heterocycles. The summed E-state index contributed by atoms with van der Waals surface area (Å²) in [6.45, 7) is 2.01. The monoisotopic (exact) mass is 273 g/mol. The predicted octanol–water partition coefficient (Wildman–Crippen LogP) is 2.64. The van der Waals surface area contributed by atoms with Gasteiger partial charge in [-0.2, -0.15) is 0 Å². The van der Waals surface area contributed by atoms with Gasteiger partial charge in [0.2, 0.25) is 0 Å². The van der Waals surface area contributed by atoms with E-state index in [2.05, 4.69) is 5.32 Å². The summed E-state index contributed by atoms with van der Waals surface area (Å²) >= 11 is 5.94. The number of anilines is 1. The summed E-state index contributed by atoms with van der Waals surface area (Å²) in [6.07, 6.45) is 1.35. The van der Waals surface area contributed by atoms with Gasteiger partial charge < -0.3 is 5.32 Å². The van der Waals surface area contributed by atoms with E-state index in [0.29, 0.717) is 17.9 Å². The van der Waals surface area contributed by atoms with Crippen LogP contribution in [-0.2, 0) is 9.84 Å². The van der Waals surface area contributed by atoms with Crippen molar-refractivity contribution in [2.75, 3.05) is 16.8 Å². The molecule has 1 N–H and O–H groups in total. The standard InChI is InChI=1S/C12H16ClNO2S/c1-9-2-3-10(13)8-12(9)14-11-4-6-17(15,16)7-5-11/h2-3,8,11,14H,4-7H2,1H3. The minimum atomic E-state index is -2.79. The van der Waals surface area contributed by atoms with E-state index < -0.39 is 9.84 Å². The minimum Gasteiger partial charge on any atom is -0.382 e. The van der Waals surface area contributed by atoms with Crippen LogP contribution in [0.15, 0.2) is 18.2 Å². The molecule has 0 radical (unpaired) electrons. The lowest BCUT2D eigenvalue weighted by molar-refractivity contribution is 0.559. The zero-order valence-electron chi connectivity index (χ0n) is 9.74. The second-order valence-corrected chi connectivity index (χ2v) is 7.27. The third-order valence-corrected chi connectivity index (χ3v) is 5.06. The first-order chi connectivity index (χ1) is 7.96. The van der Waals surface area contributed by atoms with Gasteiger partial charge in [-0.3, -0.25) is 0 Å². The van der Waals surface area contributed by atoms with Crippen molar-refractivity contribution in [1.82, 2.24) is 0 Å². The van der Waals surface area contributed by atoms with Crippen molar-refractivity contribution in [2.45, 2.75) is 25.8 Å². The van der Waals surface area contributed by atoms with Crippen LogP contribution in [0, 0.1) is 6.92 Å². The van der Waals surface area contributed by atoms with Crippen LogP contribution in [0.1, 0.15) is 18.4 Å². The molecule has 1 aliphatic heterocycles. The predicted molar refractivity (Wildman–Crippen MR) is 71.5 cm³/mol. The van der Waals surface area contributed by atoms with Gasteiger partial charge in [0.15, 0.2) is 0 Å². The summed E-state index contributed by atoms with van der Waals surface area (Å²) < 4.78 is 22.6. The van der Waals surface area contributed by atoms with Crippen LogP contribution in [0.2, 0.25) is 5.02 Å². The van der Waals surface area contributed by atoms with Gasteiger partial charge in [-0.1, -0.05) is 17.7 Å². The van der Waals surface area contributed by atoms with E-state index in [-0.39, 0.29) is 17.5 Å². The van der Waals surface area contributed by atoms with Gasteiger partial charge >= 0.3 is 0 Å². The van der Waals surface area contributed by atoms with Crippen molar-refractivity contribution >= 4 is 27.1 Å². The number of halogens is 1.